The third kappa shape index (κ3) is 2.79. The lowest BCUT2D eigenvalue weighted by atomic mass is 9.91. The highest BCUT2D eigenvalue weighted by Crippen LogP contribution is 2.29. The van der Waals surface area contributed by atoms with Crippen LogP contribution in [0.25, 0.3) is 0 Å². The first-order valence-electron chi connectivity index (χ1n) is 6.90. The summed E-state index contributed by atoms with van der Waals surface area (Å²) in [4.78, 5) is 10.6. The van der Waals surface area contributed by atoms with Crippen molar-refractivity contribution in [3.63, 3.8) is 0 Å². The smallest absolute Gasteiger partial charge is 0.148 e. The van der Waals surface area contributed by atoms with E-state index in [1.165, 1.54) is 6.33 Å². The van der Waals surface area contributed by atoms with Gasteiger partial charge in [0, 0.05) is 12.6 Å². The molecule has 2 unspecified atom stereocenters. The van der Waals surface area contributed by atoms with Gasteiger partial charge in [-0.05, 0) is 19.3 Å². The molecule has 0 spiro atoms. The Morgan fingerprint density at radius 1 is 1.42 bits per heavy atom. The van der Waals surface area contributed by atoms with E-state index in [4.69, 9.17) is 5.84 Å². The minimum Gasteiger partial charge on any atom is -0.391 e. The van der Waals surface area contributed by atoms with Crippen LogP contribution in [0.15, 0.2) is 6.33 Å². The zero-order chi connectivity index (χ0) is 13.8. The highest BCUT2D eigenvalue weighted by molar-refractivity contribution is 5.58. The largest absolute Gasteiger partial charge is 0.391 e. The number of nitrogens with one attached hydrogen (secondary N) is 1. The molecule has 0 amide bonds. The van der Waals surface area contributed by atoms with E-state index in [1.54, 1.807) is 0 Å². The highest BCUT2D eigenvalue weighted by Gasteiger charge is 2.28. The Morgan fingerprint density at radius 3 is 2.79 bits per heavy atom. The molecular formula is C13H23N5O. The molecule has 2 atom stereocenters. The average molecular weight is 265 g/mol. The maximum absolute atomic E-state index is 10.2. The molecule has 1 aromatic rings. The Morgan fingerprint density at radius 2 is 2.16 bits per heavy atom. The first-order valence-corrected chi connectivity index (χ1v) is 6.90. The van der Waals surface area contributed by atoms with E-state index < -0.39 is 0 Å². The quantitative estimate of drug-likeness (QED) is 0.557. The lowest BCUT2D eigenvalue weighted by Gasteiger charge is -2.36. The van der Waals surface area contributed by atoms with Crippen LogP contribution >= 0.6 is 0 Å². The summed E-state index contributed by atoms with van der Waals surface area (Å²) in [6.45, 7) is 2.05. The SMILES string of the molecule is CCc1c(NN)ncnc1N(C)C1CCCCC1O. The van der Waals surface area contributed by atoms with Gasteiger partial charge in [0.1, 0.15) is 18.0 Å². The van der Waals surface area contributed by atoms with Crippen molar-refractivity contribution in [3.05, 3.63) is 11.9 Å². The van der Waals surface area contributed by atoms with Crippen LogP contribution in [0, 0.1) is 0 Å². The van der Waals surface area contributed by atoms with Gasteiger partial charge in [-0.2, -0.15) is 0 Å². The molecular weight excluding hydrogens is 242 g/mol. The molecule has 1 saturated carbocycles. The van der Waals surface area contributed by atoms with Gasteiger partial charge < -0.3 is 15.4 Å². The van der Waals surface area contributed by atoms with Gasteiger partial charge in [-0.1, -0.05) is 19.8 Å². The summed E-state index contributed by atoms with van der Waals surface area (Å²) in [5.74, 6) is 7.01. The molecule has 1 aliphatic rings. The summed E-state index contributed by atoms with van der Waals surface area (Å²) in [5.41, 5.74) is 3.61. The molecule has 1 aromatic heterocycles. The van der Waals surface area contributed by atoms with E-state index in [2.05, 4.69) is 20.3 Å². The summed E-state index contributed by atoms with van der Waals surface area (Å²) < 4.78 is 0. The number of nitrogens with two attached hydrogens (primary N) is 1. The Hall–Kier alpha value is -1.40. The topological polar surface area (TPSA) is 87.3 Å². The molecule has 0 radical (unpaired) electrons. The normalized spacial score (nSPS) is 23.2. The number of hydrazine groups is 1. The van der Waals surface area contributed by atoms with Gasteiger partial charge in [0.15, 0.2) is 0 Å². The van der Waals surface area contributed by atoms with Gasteiger partial charge in [0.2, 0.25) is 0 Å². The monoisotopic (exact) mass is 265 g/mol. The number of rotatable bonds is 4. The van der Waals surface area contributed by atoms with Crippen molar-refractivity contribution in [1.29, 1.82) is 0 Å². The number of aliphatic hydroxyl groups is 1. The number of aliphatic hydroxyl groups excluding tert-OH is 1. The van der Waals surface area contributed by atoms with Crippen molar-refractivity contribution in [1.82, 2.24) is 9.97 Å². The van der Waals surface area contributed by atoms with E-state index in [0.29, 0.717) is 5.82 Å². The third-order valence-electron chi connectivity index (χ3n) is 3.94. The number of hydrogen-bond acceptors (Lipinski definition) is 6. The summed E-state index contributed by atoms with van der Waals surface area (Å²) in [5, 5.41) is 10.2. The Balaban J connectivity index is 2.29. The maximum atomic E-state index is 10.2. The second-order valence-electron chi connectivity index (χ2n) is 5.05. The highest BCUT2D eigenvalue weighted by atomic mass is 16.3. The number of likely N-dealkylation sites (N-methyl/N-ethyl adjacent to an activating group) is 1. The Labute approximate surface area is 114 Å². The second kappa shape index (κ2) is 6.16. The van der Waals surface area contributed by atoms with Crippen LogP contribution in [-0.4, -0.2) is 34.3 Å². The minimum atomic E-state index is -0.285. The van der Waals surface area contributed by atoms with Gasteiger partial charge in [-0.3, -0.25) is 0 Å². The molecule has 4 N–H and O–H groups in total. The molecule has 1 fully saturated rings. The molecule has 6 heteroatoms. The Bertz CT molecular complexity index is 425. The van der Waals surface area contributed by atoms with Crippen LogP contribution in [0.1, 0.15) is 38.2 Å². The van der Waals surface area contributed by atoms with Crippen LogP contribution in [0.5, 0.6) is 0 Å². The van der Waals surface area contributed by atoms with Crippen molar-refractivity contribution in [2.24, 2.45) is 5.84 Å². The summed E-state index contributed by atoms with van der Waals surface area (Å²) in [6, 6.07) is 0.125. The number of aromatic nitrogens is 2. The van der Waals surface area contributed by atoms with Crippen molar-refractivity contribution in [3.8, 4) is 0 Å². The number of nitrogens with zero attached hydrogens (tertiary/aromatic N) is 3. The lowest BCUT2D eigenvalue weighted by molar-refractivity contribution is 0.106. The fraction of sp³-hybridized carbons (Fsp3) is 0.692. The van der Waals surface area contributed by atoms with Crippen LogP contribution in [-0.2, 0) is 6.42 Å². The zero-order valence-corrected chi connectivity index (χ0v) is 11.6. The molecule has 106 valence electrons. The third-order valence-corrected chi connectivity index (χ3v) is 3.94. The zero-order valence-electron chi connectivity index (χ0n) is 11.6. The molecule has 2 rings (SSSR count). The van der Waals surface area contributed by atoms with Crippen LogP contribution in [0.2, 0.25) is 0 Å². The second-order valence-corrected chi connectivity index (χ2v) is 5.05. The van der Waals surface area contributed by atoms with E-state index in [1.807, 2.05) is 14.0 Å². The lowest BCUT2D eigenvalue weighted by Crippen LogP contribution is -2.44. The number of hydrogen-bond donors (Lipinski definition) is 3. The van der Waals surface area contributed by atoms with E-state index in [-0.39, 0.29) is 12.1 Å². The predicted octanol–water partition coefficient (Wildman–Crippen LogP) is 1.06. The van der Waals surface area contributed by atoms with E-state index in [0.717, 1.165) is 43.5 Å². The van der Waals surface area contributed by atoms with E-state index >= 15 is 0 Å². The van der Waals surface area contributed by atoms with Crippen molar-refractivity contribution >= 4 is 11.6 Å². The maximum Gasteiger partial charge on any atom is 0.148 e. The fourth-order valence-electron chi connectivity index (χ4n) is 2.86. The Kier molecular flexibility index (Phi) is 4.55. The van der Waals surface area contributed by atoms with Crippen molar-refractivity contribution in [2.75, 3.05) is 17.4 Å². The van der Waals surface area contributed by atoms with Gasteiger partial charge in [-0.25, -0.2) is 15.8 Å². The molecule has 0 bridgehead atoms. The van der Waals surface area contributed by atoms with Crippen molar-refractivity contribution in [2.45, 2.75) is 51.2 Å². The van der Waals surface area contributed by atoms with E-state index in [9.17, 15) is 5.11 Å². The predicted molar refractivity (Wildman–Crippen MR) is 75.9 cm³/mol. The molecule has 19 heavy (non-hydrogen) atoms. The summed E-state index contributed by atoms with van der Waals surface area (Å²) in [6.07, 6.45) is 6.14. The van der Waals surface area contributed by atoms with Gasteiger partial charge in [0.25, 0.3) is 0 Å². The van der Waals surface area contributed by atoms with Crippen LogP contribution in [0.3, 0.4) is 0 Å². The molecule has 6 nitrogen and oxygen atoms in total. The van der Waals surface area contributed by atoms with Gasteiger partial charge in [0.05, 0.1) is 12.1 Å². The fourth-order valence-corrected chi connectivity index (χ4v) is 2.86. The first kappa shape index (κ1) is 14.0. The average Bonchev–Trinajstić information content (AvgIpc) is 2.46. The molecule has 0 aromatic carbocycles. The van der Waals surface area contributed by atoms with Gasteiger partial charge >= 0.3 is 0 Å². The molecule has 0 saturated heterocycles. The number of anilines is 2. The minimum absolute atomic E-state index is 0.125. The molecule has 0 aliphatic heterocycles. The van der Waals surface area contributed by atoms with Gasteiger partial charge in [-0.15, -0.1) is 0 Å². The van der Waals surface area contributed by atoms with Crippen LogP contribution < -0.4 is 16.2 Å². The molecule has 1 heterocycles. The summed E-state index contributed by atoms with van der Waals surface area (Å²) >= 11 is 0. The standard InChI is InChI=1S/C13H23N5O/c1-3-9-12(17-14)15-8-16-13(9)18(2)10-6-4-5-7-11(10)19/h8,10-11,19H,3-7,14H2,1-2H3,(H,15,16,17). The van der Waals surface area contributed by atoms with Crippen LogP contribution in [0.4, 0.5) is 11.6 Å². The number of nitrogen functional groups attached to an aromatic ring is 1. The first-order chi connectivity index (χ1) is 9.19. The molecule has 1 aliphatic carbocycles. The van der Waals surface area contributed by atoms with Crippen molar-refractivity contribution < 1.29 is 5.11 Å². The summed E-state index contributed by atoms with van der Waals surface area (Å²) in [7, 11) is 1.99.